The number of pyridine rings is 1. The standard InChI is InChI=1S/C10H12ClN3/c1-2-3-14-7-13-9-6-12-8(5-11)4-10(9)14/h4,6-7H,2-3,5H2,1H3. The first-order valence-electron chi connectivity index (χ1n) is 4.71. The van der Waals surface area contributed by atoms with Crippen molar-refractivity contribution in [3.63, 3.8) is 0 Å². The number of imidazole rings is 1. The number of hydrogen-bond acceptors (Lipinski definition) is 2. The van der Waals surface area contributed by atoms with Crippen LogP contribution in [0.5, 0.6) is 0 Å². The minimum atomic E-state index is 0.452. The Bertz CT molecular complexity index is 436. The van der Waals surface area contributed by atoms with Crippen LogP contribution in [0.15, 0.2) is 18.6 Å². The van der Waals surface area contributed by atoms with Gasteiger partial charge in [-0.2, -0.15) is 0 Å². The van der Waals surface area contributed by atoms with E-state index in [9.17, 15) is 0 Å². The van der Waals surface area contributed by atoms with Gasteiger partial charge in [0.2, 0.25) is 0 Å². The topological polar surface area (TPSA) is 30.7 Å². The summed E-state index contributed by atoms with van der Waals surface area (Å²) in [7, 11) is 0. The number of rotatable bonds is 3. The summed E-state index contributed by atoms with van der Waals surface area (Å²) in [5.74, 6) is 0.452. The molecule has 0 spiro atoms. The van der Waals surface area contributed by atoms with Crippen molar-refractivity contribution in [2.24, 2.45) is 0 Å². The lowest BCUT2D eigenvalue weighted by atomic mass is 10.3. The molecule has 2 rings (SSSR count). The molecule has 4 heteroatoms. The molecule has 2 aromatic heterocycles. The van der Waals surface area contributed by atoms with Gasteiger partial charge < -0.3 is 4.57 Å². The van der Waals surface area contributed by atoms with Gasteiger partial charge in [0.05, 0.1) is 29.6 Å². The van der Waals surface area contributed by atoms with E-state index in [1.807, 2.05) is 12.4 Å². The summed E-state index contributed by atoms with van der Waals surface area (Å²) in [6, 6.07) is 2.00. The average Bonchev–Trinajstić information content (AvgIpc) is 2.61. The van der Waals surface area contributed by atoms with Crippen LogP contribution in [0.1, 0.15) is 19.0 Å². The molecule has 0 saturated carbocycles. The van der Waals surface area contributed by atoms with E-state index in [0.29, 0.717) is 5.88 Å². The van der Waals surface area contributed by atoms with Crippen LogP contribution in [0.25, 0.3) is 11.0 Å². The van der Waals surface area contributed by atoms with Gasteiger partial charge in [0.15, 0.2) is 0 Å². The second kappa shape index (κ2) is 3.96. The third kappa shape index (κ3) is 1.60. The summed E-state index contributed by atoms with van der Waals surface area (Å²) in [6.45, 7) is 3.14. The number of aromatic nitrogens is 3. The predicted molar refractivity (Wildman–Crippen MR) is 57.4 cm³/mol. The molecule has 2 heterocycles. The smallest absolute Gasteiger partial charge is 0.107 e. The maximum absolute atomic E-state index is 5.73. The average molecular weight is 210 g/mol. The maximum Gasteiger partial charge on any atom is 0.107 e. The molecular formula is C10H12ClN3. The highest BCUT2D eigenvalue weighted by molar-refractivity contribution is 6.17. The molecule has 2 aromatic rings. The van der Waals surface area contributed by atoms with E-state index < -0.39 is 0 Å². The van der Waals surface area contributed by atoms with Crippen LogP contribution in [-0.2, 0) is 12.4 Å². The zero-order valence-electron chi connectivity index (χ0n) is 8.07. The number of fused-ring (bicyclic) bond motifs is 1. The molecule has 0 saturated heterocycles. The van der Waals surface area contributed by atoms with Crippen LogP contribution < -0.4 is 0 Å². The van der Waals surface area contributed by atoms with Crippen molar-refractivity contribution < 1.29 is 0 Å². The van der Waals surface area contributed by atoms with Gasteiger partial charge in [-0.3, -0.25) is 4.98 Å². The second-order valence-electron chi connectivity index (χ2n) is 3.24. The first kappa shape index (κ1) is 9.46. The van der Waals surface area contributed by atoms with E-state index >= 15 is 0 Å². The first-order chi connectivity index (χ1) is 6.85. The van der Waals surface area contributed by atoms with Crippen LogP contribution in [0.4, 0.5) is 0 Å². The van der Waals surface area contributed by atoms with Crippen molar-refractivity contribution in [3.8, 4) is 0 Å². The summed E-state index contributed by atoms with van der Waals surface area (Å²) in [5.41, 5.74) is 2.96. The molecule has 0 amide bonds. The van der Waals surface area contributed by atoms with Gasteiger partial charge in [-0.05, 0) is 12.5 Å². The van der Waals surface area contributed by atoms with Gasteiger partial charge in [0.25, 0.3) is 0 Å². The Hall–Kier alpha value is -1.09. The van der Waals surface area contributed by atoms with Crippen molar-refractivity contribution >= 4 is 22.6 Å². The van der Waals surface area contributed by atoms with Gasteiger partial charge in [0.1, 0.15) is 5.52 Å². The van der Waals surface area contributed by atoms with E-state index in [0.717, 1.165) is 29.7 Å². The molecule has 0 aliphatic heterocycles. The van der Waals surface area contributed by atoms with Gasteiger partial charge in [-0.15, -0.1) is 11.6 Å². The van der Waals surface area contributed by atoms with Crippen LogP contribution in [0, 0.1) is 0 Å². The van der Waals surface area contributed by atoms with Gasteiger partial charge in [-0.25, -0.2) is 4.98 Å². The summed E-state index contributed by atoms with van der Waals surface area (Å²) in [4.78, 5) is 8.46. The normalized spacial score (nSPS) is 11.0. The Balaban J connectivity index is 2.52. The number of halogens is 1. The molecule has 0 aliphatic carbocycles. The zero-order chi connectivity index (χ0) is 9.97. The molecule has 0 atom stereocenters. The summed E-state index contributed by atoms with van der Waals surface area (Å²) < 4.78 is 2.13. The number of alkyl halides is 1. The summed E-state index contributed by atoms with van der Waals surface area (Å²) in [6.07, 6.45) is 4.73. The van der Waals surface area contributed by atoms with E-state index in [-0.39, 0.29) is 0 Å². The lowest BCUT2D eigenvalue weighted by molar-refractivity contribution is 0.697. The highest BCUT2D eigenvalue weighted by Gasteiger charge is 2.03. The molecule has 3 nitrogen and oxygen atoms in total. The highest BCUT2D eigenvalue weighted by Crippen LogP contribution is 2.14. The lowest BCUT2D eigenvalue weighted by Crippen LogP contribution is -1.95. The Kier molecular flexibility index (Phi) is 2.68. The van der Waals surface area contributed by atoms with Crippen LogP contribution in [-0.4, -0.2) is 14.5 Å². The minimum Gasteiger partial charge on any atom is -0.331 e. The Morgan fingerprint density at radius 2 is 2.29 bits per heavy atom. The monoisotopic (exact) mass is 209 g/mol. The van der Waals surface area contributed by atoms with Crippen molar-refractivity contribution in [1.29, 1.82) is 0 Å². The van der Waals surface area contributed by atoms with Crippen molar-refractivity contribution in [2.75, 3.05) is 0 Å². The summed E-state index contributed by atoms with van der Waals surface area (Å²) in [5, 5.41) is 0. The van der Waals surface area contributed by atoms with Crippen molar-refractivity contribution in [2.45, 2.75) is 25.8 Å². The van der Waals surface area contributed by atoms with Crippen LogP contribution >= 0.6 is 11.6 Å². The van der Waals surface area contributed by atoms with Gasteiger partial charge >= 0.3 is 0 Å². The Morgan fingerprint density at radius 1 is 1.43 bits per heavy atom. The third-order valence-electron chi connectivity index (χ3n) is 2.17. The fraction of sp³-hybridized carbons (Fsp3) is 0.400. The van der Waals surface area contributed by atoms with Crippen molar-refractivity contribution in [1.82, 2.24) is 14.5 Å². The molecular weight excluding hydrogens is 198 g/mol. The Labute approximate surface area is 87.7 Å². The van der Waals surface area contributed by atoms with Crippen LogP contribution in [0.3, 0.4) is 0 Å². The molecule has 0 N–H and O–H groups in total. The fourth-order valence-electron chi connectivity index (χ4n) is 1.49. The van der Waals surface area contributed by atoms with Crippen LogP contribution in [0.2, 0.25) is 0 Å². The Morgan fingerprint density at radius 3 is 3.00 bits per heavy atom. The molecule has 14 heavy (non-hydrogen) atoms. The third-order valence-corrected chi connectivity index (χ3v) is 2.44. The predicted octanol–water partition coefficient (Wildman–Crippen LogP) is 2.58. The molecule has 0 radical (unpaired) electrons. The second-order valence-corrected chi connectivity index (χ2v) is 3.50. The molecule has 0 bridgehead atoms. The van der Waals surface area contributed by atoms with E-state index in [2.05, 4.69) is 21.5 Å². The minimum absolute atomic E-state index is 0.452. The lowest BCUT2D eigenvalue weighted by Gasteiger charge is -2.01. The molecule has 0 aromatic carbocycles. The van der Waals surface area contributed by atoms with Gasteiger partial charge in [-0.1, -0.05) is 6.92 Å². The quantitative estimate of drug-likeness (QED) is 0.728. The maximum atomic E-state index is 5.73. The number of aryl methyl sites for hydroxylation is 1. The van der Waals surface area contributed by atoms with Crippen molar-refractivity contribution in [3.05, 3.63) is 24.3 Å². The SMILES string of the molecule is CCCn1cnc2cnc(CCl)cc21. The first-order valence-corrected chi connectivity index (χ1v) is 5.24. The molecule has 0 unspecified atom stereocenters. The van der Waals surface area contributed by atoms with Gasteiger partial charge in [0, 0.05) is 6.54 Å². The molecule has 74 valence electrons. The van der Waals surface area contributed by atoms with E-state index in [1.54, 1.807) is 6.20 Å². The molecule has 0 aliphatic rings. The molecule has 0 fully saturated rings. The number of nitrogens with zero attached hydrogens (tertiary/aromatic N) is 3. The van der Waals surface area contributed by atoms with E-state index in [1.165, 1.54) is 0 Å². The zero-order valence-corrected chi connectivity index (χ0v) is 8.83. The van der Waals surface area contributed by atoms with E-state index in [4.69, 9.17) is 11.6 Å². The highest BCUT2D eigenvalue weighted by atomic mass is 35.5. The summed E-state index contributed by atoms with van der Waals surface area (Å²) >= 11 is 5.73. The number of hydrogen-bond donors (Lipinski definition) is 0. The fourth-order valence-corrected chi connectivity index (χ4v) is 1.64. The largest absolute Gasteiger partial charge is 0.331 e.